The van der Waals surface area contributed by atoms with E-state index in [9.17, 15) is 0 Å². The molecule has 8 nitrogen and oxygen atoms in total. The maximum absolute atomic E-state index is 5.96. The Labute approximate surface area is 217 Å². The van der Waals surface area contributed by atoms with Crippen molar-refractivity contribution in [2.45, 2.75) is 54.4 Å². The van der Waals surface area contributed by atoms with Crippen molar-refractivity contribution >= 4 is 5.57 Å². The van der Waals surface area contributed by atoms with Crippen LogP contribution in [0, 0.1) is 19.3 Å². The Bertz CT molecular complexity index is 1480. The highest BCUT2D eigenvalue weighted by molar-refractivity contribution is 5.80. The molecule has 1 aromatic carbocycles. The molecule has 1 aliphatic rings. The maximum Gasteiger partial charge on any atom is 0.249 e. The zero-order valence-corrected chi connectivity index (χ0v) is 22.3. The van der Waals surface area contributed by atoms with E-state index in [0.717, 1.165) is 51.8 Å². The standard InChI is InChI=1S/C29H33N7O/c1-18-9-7-8-10-23(18)36-24(13-14-25-33-35-28(37-25)21-12-11-20(3)31-16-21)32-34-27(36)26-19(2)15-30-17-22(26)29(4,5)6/h7-12,15-16,30H,13-14,17H2,1-6H3. The molecular weight excluding hydrogens is 462 g/mol. The Kier molecular flexibility index (Phi) is 6.50. The smallest absolute Gasteiger partial charge is 0.249 e. The van der Waals surface area contributed by atoms with Gasteiger partial charge in [0.2, 0.25) is 11.8 Å². The fraction of sp³-hybridized carbons (Fsp3) is 0.345. The number of hydrogen-bond donors (Lipinski definition) is 1. The van der Waals surface area contributed by atoms with E-state index in [1.54, 1.807) is 6.20 Å². The number of pyridine rings is 1. The monoisotopic (exact) mass is 495 g/mol. The number of hydrogen-bond acceptors (Lipinski definition) is 7. The molecule has 0 bridgehead atoms. The van der Waals surface area contributed by atoms with Crippen LogP contribution in [0.15, 0.2) is 64.4 Å². The number of benzene rings is 1. The lowest BCUT2D eigenvalue weighted by Crippen LogP contribution is -2.26. The van der Waals surface area contributed by atoms with E-state index in [-0.39, 0.29) is 5.41 Å². The summed E-state index contributed by atoms with van der Waals surface area (Å²) in [6.07, 6.45) is 4.98. The third-order valence-corrected chi connectivity index (χ3v) is 6.70. The lowest BCUT2D eigenvalue weighted by molar-refractivity contribution is 0.487. The van der Waals surface area contributed by atoms with Gasteiger partial charge in [-0.05, 0) is 61.1 Å². The van der Waals surface area contributed by atoms with Crippen LogP contribution in [0.4, 0.5) is 0 Å². The van der Waals surface area contributed by atoms with Crippen LogP contribution in [-0.4, -0.2) is 36.5 Å². The number of rotatable bonds is 6. The van der Waals surface area contributed by atoms with Gasteiger partial charge in [-0.25, -0.2) is 0 Å². The van der Waals surface area contributed by atoms with Gasteiger partial charge in [-0.15, -0.1) is 20.4 Å². The Hall–Kier alpha value is -4.07. The molecule has 0 fully saturated rings. The molecule has 0 spiro atoms. The highest BCUT2D eigenvalue weighted by Gasteiger charge is 2.29. The van der Waals surface area contributed by atoms with Gasteiger partial charge < -0.3 is 9.73 Å². The molecule has 0 aliphatic carbocycles. The highest BCUT2D eigenvalue weighted by Crippen LogP contribution is 2.38. The Morgan fingerprint density at radius 3 is 2.49 bits per heavy atom. The lowest BCUT2D eigenvalue weighted by Gasteiger charge is -2.30. The molecule has 0 saturated carbocycles. The molecular formula is C29H33N7O. The second-order valence-electron chi connectivity index (χ2n) is 10.6. The zero-order valence-electron chi connectivity index (χ0n) is 22.3. The van der Waals surface area contributed by atoms with E-state index in [0.29, 0.717) is 24.6 Å². The van der Waals surface area contributed by atoms with Gasteiger partial charge in [-0.1, -0.05) is 39.0 Å². The van der Waals surface area contributed by atoms with E-state index < -0.39 is 0 Å². The first-order chi connectivity index (χ1) is 17.7. The molecule has 190 valence electrons. The van der Waals surface area contributed by atoms with Crippen LogP contribution in [0.1, 0.15) is 56.5 Å². The van der Waals surface area contributed by atoms with E-state index >= 15 is 0 Å². The number of aryl methyl sites for hydroxylation is 4. The summed E-state index contributed by atoms with van der Waals surface area (Å²) < 4.78 is 8.15. The van der Waals surface area contributed by atoms with Crippen LogP contribution in [0.2, 0.25) is 0 Å². The summed E-state index contributed by atoms with van der Waals surface area (Å²) in [7, 11) is 0. The van der Waals surface area contributed by atoms with E-state index in [2.05, 4.69) is 95.2 Å². The van der Waals surface area contributed by atoms with Crippen LogP contribution in [0.5, 0.6) is 0 Å². The van der Waals surface area contributed by atoms with Gasteiger partial charge in [0.15, 0.2) is 5.82 Å². The van der Waals surface area contributed by atoms with Gasteiger partial charge in [0, 0.05) is 43.1 Å². The number of para-hydroxylation sites is 1. The van der Waals surface area contributed by atoms with Crippen molar-refractivity contribution in [3.63, 3.8) is 0 Å². The SMILES string of the molecule is CC1=CNCC(C(C)(C)C)=C1c1nnc(CCc2nnc(-c3ccc(C)nc3)o2)n1-c1ccccc1C. The molecule has 3 aromatic heterocycles. The predicted molar refractivity (Wildman–Crippen MR) is 144 cm³/mol. The zero-order chi connectivity index (χ0) is 26.2. The molecule has 0 unspecified atom stereocenters. The molecule has 4 aromatic rings. The van der Waals surface area contributed by atoms with Crippen molar-refractivity contribution in [1.29, 1.82) is 0 Å². The maximum atomic E-state index is 5.96. The van der Waals surface area contributed by atoms with Crippen LogP contribution < -0.4 is 5.32 Å². The predicted octanol–water partition coefficient (Wildman–Crippen LogP) is 5.42. The summed E-state index contributed by atoms with van der Waals surface area (Å²) in [5, 5.41) is 21.4. The molecule has 1 aliphatic heterocycles. The number of nitrogens with one attached hydrogen (secondary N) is 1. The molecule has 0 amide bonds. The van der Waals surface area contributed by atoms with Gasteiger partial charge in [-0.2, -0.15) is 0 Å². The summed E-state index contributed by atoms with van der Waals surface area (Å²) in [6, 6.07) is 12.2. The summed E-state index contributed by atoms with van der Waals surface area (Å²) in [5.41, 5.74) is 7.58. The largest absolute Gasteiger partial charge is 0.421 e. The Balaban J connectivity index is 1.53. The minimum atomic E-state index is -0.0223. The number of nitrogens with zero attached hydrogens (tertiary/aromatic N) is 6. The van der Waals surface area contributed by atoms with Crippen molar-refractivity contribution in [2.75, 3.05) is 6.54 Å². The van der Waals surface area contributed by atoms with Crippen LogP contribution in [0.25, 0.3) is 22.7 Å². The molecule has 5 rings (SSSR count). The quantitative estimate of drug-likeness (QED) is 0.382. The molecule has 0 radical (unpaired) electrons. The average Bonchev–Trinajstić information content (AvgIpc) is 3.50. The van der Waals surface area contributed by atoms with E-state index in [4.69, 9.17) is 9.52 Å². The van der Waals surface area contributed by atoms with Crippen molar-refractivity contribution in [1.82, 2.24) is 35.3 Å². The van der Waals surface area contributed by atoms with Gasteiger partial charge in [-0.3, -0.25) is 9.55 Å². The van der Waals surface area contributed by atoms with Crippen LogP contribution in [0.3, 0.4) is 0 Å². The van der Waals surface area contributed by atoms with Crippen LogP contribution in [-0.2, 0) is 12.8 Å². The molecule has 1 N–H and O–H groups in total. The minimum Gasteiger partial charge on any atom is -0.421 e. The topological polar surface area (TPSA) is 94.6 Å². The fourth-order valence-electron chi connectivity index (χ4n) is 4.65. The van der Waals surface area contributed by atoms with E-state index in [1.165, 1.54) is 5.57 Å². The lowest BCUT2D eigenvalue weighted by atomic mass is 9.80. The van der Waals surface area contributed by atoms with Gasteiger partial charge >= 0.3 is 0 Å². The summed E-state index contributed by atoms with van der Waals surface area (Å²) in [6.45, 7) is 13.7. The van der Waals surface area contributed by atoms with Crippen molar-refractivity contribution in [2.24, 2.45) is 5.41 Å². The van der Waals surface area contributed by atoms with Gasteiger partial charge in [0.05, 0.1) is 11.3 Å². The number of allylic oxidation sites excluding steroid dienone is 2. The number of aromatic nitrogens is 6. The van der Waals surface area contributed by atoms with E-state index in [1.807, 2.05) is 19.1 Å². The van der Waals surface area contributed by atoms with Crippen molar-refractivity contribution in [3.8, 4) is 17.1 Å². The fourth-order valence-corrected chi connectivity index (χ4v) is 4.65. The minimum absolute atomic E-state index is 0.0223. The molecule has 4 heterocycles. The Morgan fingerprint density at radius 1 is 0.946 bits per heavy atom. The molecule has 0 saturated heterocycles. The third kappa shape index (κ3) is 4.96. The third-order valence-electron chi connectivity index (χ3n) is 6.70. The summed E-state index contributed by atoms with van der Waals surface area (Å²) in [5.74, 6) is 2.75. The average molecular weight is 496 g/mol. The first-order valence-electron chi connectivity index (χ1n) is 12.6. The van der Waals surface area contributed by atoms with Crippen molar-refractivity contribution < 1.29 is 4.42 Å². The van der Waals surface area contributed by atoms with Gasteiger partial charge in [0.1, 0.15) is 5.82 Å². The first kappa shape index (κ1) is 24.6. The summed E-state index contributed by atoms with van der Waals surface area (Å²) in [4.78, 5) is 4.33. The molecule has 37 heavy (non-hydrogen) atoms. The molecule has 8 heteroatoms. The van der Waals surface area contributed by atoms with Gasteiger partial charge in [0.25, 0.3) is 0 Å². The number of dihydropyridines is 1. The normalized spacial score (nSPS) is 14.1. The Morgan fingerprint density at radius 2 is 1.76 bits per heavy atom. The molecule has 0 atom stereocenters. The second kappa shape index (κ2) is 9.76. The summed E-state index contributed by atoms with van der Waals surface area (Å²) >= 11 is 0. The van der Waals surface area contributed by atoms with Crippen molar-refractivity contribution in [3.05, 3.63) is 88.7 Å². The highest BCUT2D eigenvalue weighted by atomic mass is 16.4. The second-order valence-corrected chi connectivity index (χ2v) is 10.6. The van der Waals surface area contributed by atoms with Crippen LogP contribution >= 0.6 is 0 Å². The first-order valence-corrected chi connectivity index (χ1v) is 12.6.